The van der Waals surface area contributed by atoms with Crippen molar-refractivity contribution in [2.24, 2.45) is 34.0 Å². The summed E-state index contributed by atoms with van der Waals surface area (Å²) in [5, 5.41) is 45.6. The first-order valence-electron chi connectivity index (χ1n) is 9.96. The lowest BCUT2D eigenvalue weighted by atomic mass is 9.38. The number of allylic oxidation sites excluding steroid dienone is 1. The molecule has 9 aliphatic rings. The first-order chi connectivity index (χ1) is 11.7. The monoisotopic (exact) mass is 345 g/mol. The summed E-state index contributed by atoms with van der Waals surface area (Å²) in [7, 11) is 0. The van der Waals surface area contributed by atoms with Crippen molar-refractivity contribution in [1.82, 2.24) is 4.90 Å². The first kappa shape index (κ1) is 14.6. The smallest absolute Gasteiger partial charge is 0.113 e. The maximum absolute atomic E-state index is 12.3. The highest BCUT2D eigenvalue weighted by molar-refractivity contribution is 5.47. The zero-order valence-corrected chi connectivity index (χ0v) is 14.6. The Morgan fingerprint density at radius 3 is 2.68 bits per heavy atom. The average Bonchev–Trinajstić information content (AvgIpc) is 2.90. The highest BCUT2D eigenvalue weighted by Crippen LogP contribution is 2.88. The van der Waals surface area contributed by atoms with Gasteiger partial charge in [0.05, 0.1) is 17.8 Å². The molecule has 6 saturated carbocycles. The van der Waals surface area contributed by atoms with Crippen molar-refractivity contribution < 1.29 is 20.4 Å². The fourth-order valence-electron chi connectivity index (χ4n) is 10.4. The number of nitrogens with zero attached hydrogens (tertiary/aromatic N) is 1. The molecule has 2 spiro atoms. The SMILES string of the molecule is C=C1CC23C[C@@H]4[C@H]5C67C(O)[C@@H](O)C[C@@]5(C)[C@@H](O)N4C6[C@H]2C[C@H]1C[C@]37O. The predicted molar refractivity (Wildman–Crippen MR) is 88.1 cm³/mol. The van der Waals surface area contributed by atoms with Gasteiger partial charge in [-0.3, -0.25) is 4.90 Å². The summed E-state index contributed by atoms with van der Waals surface area (Å²) in [5.74, 6) is 0.706. The molecule has 4 N–H and O–H groups in total. The third-order valence-corrected chi connectivity index (χ3v) is 10.6. The van der Waals surface area contributed by atoms with Gasteiger partial charge in [-0.25, -0.2) is 0 Å². The summed E-state index contributed by atoms with van der Waals surface area (Å²) in [6.45, 7) is 6.39. The molecule has 9 rings (SSSR count). The van der Waals surface area contributed by atoms with Crippen LogP contribution in [-0.2, 0) is 0 Å². The van der Waals surface area contributed by atoms with Gasteiger partial charge in [0, 0.05) is 28.3 Å². The van der Waals surface area contributed by atoms with E-state index < -0.39 is 34.9 Å². The van der Waals surface area contributed by atoms with Crippen LogP contribution in [0.25, 0.3) is 0 Å². The summed E-state index contributed by atoms with van der Waals surface area (Å²) >= 11 is 0. The minimum absolute atomic E-state index is 0.00683. The molecule has 0 aromatic heterocycles. The molecule has 9 fully saturated rings. The van der Waals surface area contributed by atoms with E-state index in [2.05, 4.69) is 18.4 Å². The van der Waals surface area contributed by atoms with Crippen LogP contribution in [0.3, 0.4) is 0 Å². The first-order valence-corrected chi connectivity index (χ1v) is 9.96. The second-order valence-electron chi connectivity index (χ2n) is 10.8. The highest BCUT2D eigenvalue weighted by Gasteiger charge is 2.95. The number of hydrogen-bond donors (Lipinski definition) is 4. The molecule has 6 aliphatic carbocycles. The summed E-state index contributed by atoms with van der Waals surface area (Å²) < 4.78 is 0. The second kappa shape index (κ2) is 3.49. The highest BCUT2D eigenvalue weighted by atomic mass is 16.3. The lowest BCUT2D eigenvalue weighted by Crippen LogP contribution is -2.76. The topological polar surface area (TPSA) is 84.2 Å². The number of aliphatic hydroxyl groups excluding tert-OH is 3. The van der Waals surface area contributed by atoms with Crippen molar-refractivity contribution in [1.29, 1.82) is 0 Å². The summed E-state index contributed by atoms with van der Waals surface area (Å²) in [5.41, 5.74) is -0.982. The third-order valence-electron chi connectivity index (χ3n) is 10.6. The Morgan fingerprint density at radius 1 is 1.16 bits per heavy atom. The Morgan fingerprint density at radius 2 is 1.92 bits per heavy atom. The van der Waals surface area contributed by atoms with E-state index in [-0.39, 0.29) is 23.4 Å². The van der Waals surface area contributed by atoms with Crippen molar-refractivity contribution in [3.05, 3.63) is 12.2 Å². The van der Waals surface area contributed by atoms with E-state index in [4.69, 9.17) is 0 Å². The molecule has 136 valence electrons. The standard InChI is InChI=1S/C20H27NO4/c1-8-4-18-6-11-13-17(2)7-12(22)15(23)20(13)14(21(11)16(17)24)10(18)3-9(8)5-19(18,20)25/h9-16,22-25H,1,3-7H2,2H3/t9-,10+,11+,12-,13+,14?,15?,16+,17+,18?,19-,20?/m0/s1. The van der Waals surface area contributed by atoms with E-state index in [1.54, 1.807) is 0 Å². The van der Waals surface area contributed by atoms with Gasteiger partial charge in [0.25, 0.3) is 0 Å². The van der Waals surface area contributed by atoms with E-state index in [0.717, 1.165) is 19.3 Å². The Bertz CT molecular complexity index is 756. The Hall–Kier alpha value is -0.460. The number of rotatable bonds is 0. The quantitative estimate of drug-likeness (QED) is 0.472. The van der Waals surface area contributed by atoms with Crippen molar-refractivity contribution in [3.8, 4) is 0 Å². The summed E-state index contributed by atoms with van der Waals surface area (Å²) in [6.07, 6.45) is 1.59. The Kier molecular flexibility index (Phi) is 2.04. The van der Waals surface area contributed by atoms with E-state index in [9.17, 15) is 20.4 Å². The molecule has 0 aromatic carbocycles. The molecule has 5 unspecified atom stereocenters. The van der Waals surface area contributed by atoms with Crippen LogP contribution >= 0.6 is 0 Å². The van der Waals surface area contributed by atoms with Crippen LogP contribution < -0.4 is 0 Å². The van der Waals surface area contributed by atoms with E-state index in [1.165, 1.54) is 5.57 Å². The molecule has 5 heteroatoms. The molecule has 0 amide bonds. The number of aliphatic hydroxyl groups is 4. The fraction of sp³-hybridized carbons (Fsp3) is 0.900. The number of hydrogen-bond acceptors (Lipinski definition) is 5. The van der Waals surface area contributed by atoms with Crippen LogP contribution in [0.15, 0.2) is 12.2 Å². The molecule has 0 aromatic rings. The van der Waals surface area contributed by atoms with Crippen molar-refractivity contribution in [3.63, 3.8) is 0 Å². The maximum Gasteiger partial charge on any atom is 0.113 e. The van der Waals surface area contributed by atoms with Crippen molar-refractivity contribution in [2.75, 3.05) is 0 Å². The largest absolute Gasteiger partial charge is 0.390 e. The van der Waals surface area contributed by atoms with Crippen LogP contribution in [-0.4, -0.2) is 61.4 Å². The molecule has 5 nitrogen and oxygen atoms in total. The molecule has 3 heterocycles. The lowest BCUT2D eigenvalue weighted by Gasteiger charge is -2.68. The average molecular weight is 345 g/mol. The van der Waals surface area contributed by atoms with Crippen molar-refractivity contribution >= 4 is 0 Å². The van der Waals surface area contributed by atoms with E-state index in [1.807, 2.05) is 0 Å². The van der Waals surface area contributed by atoms with Gasteiger partial charge in [-0.15, -0.1) is 0 Å². The molecule has 25 heavy (non-hydrogen) atoms. The zero-order chi connectivity index (χ0) is 17.3. The van der Waals surface area contributed by atoms with Crippen LogP contribution in [0.2, 0.25) is 0 Å². The van der Waals surface area contributed by atoms with E-state index in [0.29, 0.717) is 24.7 Å². The zero-order valence-electron chi connectivity index (χ0n) is 14.6. The normalized spacial score (nSPS) is 76.5. The predicted octanol–water partition coefficient (Wildman–Crippen LogP) is 0.226. The van der Waals surface area contributed by atoms with Gasteiger partial charge in [0.1, 0.15) is 6.23 Å². The Balaban J connectivity index is 1.58. The van der Waals surface area contributed by atoms with Gasteiger partial charge < -0.3 is 20.4 Å². The Labute approximate surface area is 147 Å². The van der Waals surface area contributed by atoms with Gasteiger partial charge in [-0.05, 0) is 49.9 Å². The molecule has 0 radical (unpaired) electrons. The van der Waals surface area contributed by atoms with Gasteiger partial charge in [0.2, 0.25) is 0 Å². The van der Waals surface area contributed by atoms with Gasteiger partial charge >= 0.3 is 0 Å². The van der Waals surface area contributed by atoms with E-state index >= 15 is 0 Å². The van der Waals surface area contributed by atoms with Crippen LogP contribution in [0, 0.1) is 34.0 Å². The summed E-state index contributed by atoms with van der Waals surface area (Å²) in [6, 6.07) is 0.235. The molecule has 13 atom stereocenters. The number of fused-ring (bicyclic) bond motifs is 1. The maximum atomic E-state index is 12.3. The van der Waals surface area contributed by atoms with Gasteiger partial charge in [0.15, 0.2) is 0 Å². The summed E-state index contributed by atoms with van der Waals surface area (Å²) in [4.78, 5) is 2.27. The molecule has 3 aliphatic heterocycles. The molecule has 3 saturated heterocycles. The van der Waals surface area contributed by atoms with Crippen LogP contribution in [0.4, 0.5) is 0 Å². The molecular weight excluding hydrogens is 318 g/mol. The minimum atomic E-state index is -0.933. The third kappa shape index (κ3) is 0.981. The van der Waals surface area contributed by atoms with Crippen LogP contribution in [0.5, 0.6) is 0 Å². The fourth-order valence-corrected chi connectivity index (χ4v) is 10.4. The lowest BCUT2D eigenvalue weighted by molar-refractivity contribution is -0.298. The minimum Gasteiger partial charge on any atom is -0.390 e. The van der Waals surface area contributed by atoms with Crippen molar-refractivity contribution in [2.45, 2.75) is 75.1 Å². The molecular formula is C20H27NO4. The molecule has 9 bridgehead atoms. The second-order valence-corrected chi connectivity index (χ2v) is 10.8. The van der Waals surface area contributed by atoms with Gasteiger partial charge in [-0.1, -0.05) is 19.1 Å². The number of piperidine rings is 2. The van der Waals surface area contributed by atoms with Gasteiger partial charge in [-0.2, -0.15) is 0 Å². The van der Waals surface area contributed by atoms with Crippen LogP contribution in [0.1, 0.15) is 39.0 Å².